The van der Waals surface area contributed by atoms with Crippen molar-refractivity contribution in [2.45, 2.75) is 12.8 Å². The third-order valence-electron chi connectivity index (χ3n) is 4.04. The van der Waals surface area contributed by atoms with E-state index < -0.39 is 0 Å². The van der Waals surface area contributed by atoms with Gasteiger partial charge in [-0.25, -0.2) is 0 Å². The van der Waals surface area contributed by atoms with Crippen molar-refractivity contribution in [3.8, 4) is 0 Å². The van der Waals surface area contributed by atoms with Gasteiger partial charge in [-0.15, -0.1) is 0 Å². The SMILES string of the molecule is CN(C)CC(=O)N1CCN(C(=O)C2CCCNC2)CC1. The Hall–Kier alpha value is -1.14. The lowest BCUT2D eigenvalue weighted by Crippen LogP contribution is -2.54. The van der Waals surface area contributed by atoms with Crippen LogP contribution in [-0.4, -0.2) is 86.4 Å². The molecule has 2 fully saturated rings. The quantitative estimate of drug-likeness (QED) is 0.738. The average molecular weight is 282 g/mol. The van der Waals surface area contributed by atoms with E-state index >= 15 is 0 Å². The Labute approximate surface area is 121 Å². The van der Waals surface area contributed by atoms with Crippen LogP contribution < -0.4 is 5.32 Å². The van der Waals surface area contributed by atoms with Gasteiger partial charge in [0.1, 0.15) is 0 Å². The predicted molar refractivity (Wildman–Crippen MR) is 77.3 cm³/mol. The summed E-state index contributed by atoms with van der Waals surface area (Å²) in [5.74, 6) is 0.547. The maximum atomic E-state index is 12.4. The first kappa shape index (κ1) is 15.3. The minimum absolute atomic E-state index is 0.132. The molecule has 6 nitrogen and oxygen atoms in total. The summed E-state index contributed by atoms with van der Waals surface area (Å²) in [6.07, 6.45) is 2.07. The molecular formula is C14H26N4O2. The second-order valence-electron chi connectivity index (χ2n) is 5.99. The van der Waals surface area contributed by atoms with E-state index in [9.17, 15) is 9.59 Å². The van der Waals surface area contributed by atoms with E-state index in [1.807, 2.05) is 28.8 Å². The van der Waals surface area contributed by atoms with Crippen LogP contribution >= 0.6 is 0 Å². The van der Waals surface area contributed by atoms with Gasteiger partial charge in [0.2, 0.25) is 11.8 Å². The number of nitrogens with zero attached hydrogens (tertiary/aromatic N) is 3. The molecule has 0 saturated carbocycles. The molecule has 0 spiro atoms. The Morgan fingerprint density at radius 1 is 1.15 bits per heavy atom. The van der Waals surface area contributed by atoms with Gasteiger partial charge in [-0.3, -0.25) is 9.59 Å². The first-order chi connectivity index (χ1) is 9.58. The lowest BCUT2D eigenvalue weighted by atomic mass is 9.98. The van der Waals surface area contributed by atoms with E-state index in [0.717, 1.165) is 25.9 Å². The molecule has 0 aromatic heterocycles. The number of likely N-dealkylation sites (N-methyl/N-ethyl adjacent to an activating group) is 1. The summed E-state index contributed by atoms with van der Waals surface area (Å²) in [6.45, 7) is 4.95. The molecule has 2 heterocycles. The zero-order chi connectivity index (χ0) is 14.5. The van der Waals surface area contributed by atoms with E-state index in [1.165, 1.54) is 0 Å². The highest BCUT2D eigenvalue weighted by Gasteiger charge is 2.29. The van der Waals surface area contributed by atoms with Crippen molar-refractivity contribution in [1.29, 1.82) is 0 Å². The predicted octanol–water partition coefficient (Wildman–Crippen LogP) is -0.782. The van der Waals surface area contributed by atoms with Crippen molar-refractivity contribution in [3.05, 3.63) is 0 Å². The first-order valence-electron chi connectivity index (χ1n) is 7.50. The van der Waals surface area contributed by atoms with Crippen molar-refractivity contribution >= 4 is 11.8 Å². The number of carbonyl (C=O) groups is 2. The zero-order valence-electron chi connectivity index (χ0n) is 12.6. The van der Waals surface area contributed by atoms with Gasteiger partial charge in [0.15, 0.2) is 0 Å². The number of hydrogen-bond donors (Lipinski definition) is 1. The van der Waals surface area contributed by atoms with E-state index in [-0.39, 0.29) is 17.7 Å². The fraction of sp³-hybridized carbons (Fsp3) is 0.857. The monoisotopic (exact) mass is 282 g/mol. The second kappa shape index (κ2) is 7.04. The van der Waals surface area contributed by atoms with Crippen LogP contribution in [0.3, 0.4) is 0 Å². The van der Waals surface area contributed by atoms with Crippen molar-refractivity contribution in [2.24, 2.45) is 5.92 Å². The molecule has 2 aliphatic heterocycles. The van der Waals surface area contributed by atoms with Crippen molar-refractivity contribution in [1.82, 2.24) is 20.0 Å². The third-order valence-corrected chi connectivity index (χ3v) is 4.04. The van der Waals surface area contributed by atoms with Crippen LogP contribution in [0.2, 0.25) is 0 Å². The summed E-state index contributed by atoms with van der Waals surface area (Å²) in [4.78, 5) is 30.0. The van der Waals surface area contributed by atoms with Gasteiger partial charge in [-0.1, -0.05) is 0 Å². The molecule has 0 aromatic carbocycles. The fourth-order valence-corrected chi connectivity index (χ4v) is 2.87. The molecule has 2 aliphatic rings. The number of piperidine rings is 1. The van der Waals surface area contributed by atoms with Crippen molar-refractivity contribution < 1.29 is 9.59 Å². The average Bonchev–Trinajstić information content (AvgIpc) is 2.47. The topological polar surface area (TPSA) is 55.9 Å². The maximum Gasteiger partial charge on any atom is 0.236 e. The van der Waals surface area contributed by atoms with Crippen molar-refractivity contribution in [3.63, 3.8) is 0 Å². The van der Waals surface area contributed by atoms with Gasteiger partial charge in [0.25, 0.3) is 0 Å². The number of nitrogens with one attached hydrogen (secondary N) is 1. The fourth-order valence-electron chi connectivity index (χ4n) is 2.87. The molecule has 6 heteroatoms. The standard InChI is InChI=1S/C14H26N4O2/c1-16(2)11-13(19)17-6-8-18(9-7-17)14(20)12-4-3-5-15-10-12/h12,15H,3-11H2,1-2H3. The summed E-state index contributed by atoms with van der Waals surface area (Å²) in [5, 5.41) is 3.29. The summed E-state index contributed by atoms with van der Waals surface area (Å²) in [7, 11) is 3.79. The number of rotatable bonds is 3. The number of hydrogen-bond acceptors (Lipinski definition) is 4. The molecule has 0 aliphatic carbocycles. The normalized spacial score (nSPS) is 24.1. The molecule has 0 bridgehead atoms. The lowest BCUT2D eigenvalue weighted by Gasteiger charge is -2.37. The minimum atomic E-state index is 0.132. The molecule has 1 atom stereocenters. The van der Waals surface area contributed by atoms with Crippen LogP contribution in [0, 0.1) is 5.92 Å². The smallest absolute Gasteiger partial charge is 0.236 e. The highest BCUT2D eigenvalue weighted by atomic mass is 16.2. The molecule has 2 amide bonds. The highest BCUT2D eigenvalue weighted by Crippen LogP contribution is 2.15. The summed E-state index contributed by atoms with van der Waals surface area (Å²) in [6, 6.07) is 0. The van der Waals surface area contributed by atoms with Crippen molar-refractivity contribution in [2.75, 3.05) is 59.9 Å². The number of piperazine rings is 1. The molecular weight excluding hydrogens is 256 g/mol. The molecule has 0 aromatic rings. The van der Waals surface area contributed by atoms with Crippen LogP contribution in [0.15, 0.2) is 0 Å². The van der Waals surface area contributed by atoms with Crippen LogP contribution in [0.25, 0.3) is 0 Å². The van der Waals surface area contributed by atoms with Gasteiger partial charge in [-0.05, 0) is 33.5 Å². The minimum Gasteiger partial charge on any atom is -0.339 e. The van der Waals surface area contributed by atoms with E-state index in [2.05, 4.69) is 5.32 Å². The molecule has 1 unspecified atom stereocenters. The van der Waals surface area contributed by atoms with E-state index in [4.69, 9.17) is 0 Å². The molecule has 0 radical (unpaired) electrons. The molecule has 1 N–H and O–H groups in total. The Bertz CT molecular complexity index is 345. The largest absolute Gasteiger partial charge is 0.339 e. The molecule has 20 heavy (non-hydrogen) atoms. The summed E-state index contributed by atoms with van der Waals surface area (Å²) in [5.41, 5.74) is 0. The lowest BCUT2D eigenvalue weighted by molar-refractivity contribution is -0.142. The molecule has 114 valence electrons. The Morgan fingerprint density at radius 2 is 1.80 bits per heavy atom. The Kier molecular flexibility index (Phi) is 5.37. The Morgan fingerprint density at radius 3 is 2.35 bits per heavy atom. The van der Waals surface area contributed by atoms with Crippen LogP contribution in [0.1, 0.15) is 12.8 Å². The van der Waals surface area contributed by atoms with Crippen LogP contribution in [0.5, 0.6) is 0 Å². The second-order valence-corrected chi connectivity index (χ2v) is 5.99. The van der Waals surface area contributed by atoms with Gasteiger partial charge < -0.3 is 20.0 Å². The third kappa shape index (κ3) is 3.93. The van der Waals surface area contributed by atoms with E-state index in [0.29, 0.717) is 32.7 Å². The maximum absolute atomic E-state index is 12.4. The van der Waals surface area contributed by atoms with Gasteiger partial charge in [-0.2, -0.15) is 0 Å². The summed E-state index contributed by atoms with van der Waals surface area (Å²) >= 11 is 0. The van der Waals surface area contributed by atoms with Gasteiger partial charge in [0.05, 0.1) is 12.5 Å². The van der Waals surface area contributed by atoms with Crippen LogP contribution in [0.4, 0.5) is 0 Å². The number of carbonyl (C=O) groups excluding carboxylic acids is 2. The number of amides is 2. The zero-order valence-corrected chi connectivity index (χ0v) is 12.6. The van der Waals surface area contributed by atoms with Crippen LogP contribution in [-0.2, 0) is 9.59 Å². The first-order valence-corrected chi connectivity index (χ1v) is 7.50. The Balaban J connectivity index is 1.78. The van der Waals surface area contributed by atoms with E-state index in [1.54, 1.807) is 0 Å². The highest BCUT2D eigenvalue weighted by molar-refractivity contribution is 5.81. The summed E-state index contributed by atoms with van der Waals surface area (Å²) < 4.78 is 0. The molecule has 2 saturated heterocycles. The van der Waals surface area contributed by atoms with Gasteiger partial charge >= 0.3 is 0 Å². The van der Waals surface area contributed by atoms with Gasteiger partial charge in [0, 0.05) is 32.7 Å². The molecule has 2 rings (SSSR count).